The second-order valence-electron chi connectivity index (χ2n) is 3.79. The molecule has 0 atom stereocenters. The summed E-state index contributed by atoms with van der Waals surface area (Å²) in [6, 6.07) is 13.5. The van der Waals surface area contributed by atoms with Gasteiger partial charge in [-0.3, -0.25) is 0 Å². The van der Waals surface area contributed by atoms with Crippen LogP contribution in [-0.2, 0) is 0 Å². The van der Waals surface area contributed by atoms with E-state index in [0.717, 1.165) is 16.6 Å². The second kappa shape index (κ2) is 3.52. The van der Waals surface area contributed by atoms with Gasteiger partial charge < -0.3 is 15.9 Å². The molecule has 3 rings (SSSR count). The summed E-state index contributed by atoms with van der Waals surface area (Å²) < 4.78 is 5.30. The van der Waals surface area contributed by atoms with Gasteiger partial charge >= 0.3 is 0 Å². The van der Waals surface area contributed by atoms with Crippen molar-refractivity contribution in [3.63, 3.8) is 0 Å². The van der Waals surface area contributed by atoms with E-state index in [1.165, 1.54) is 0 Å². The minimum absolute atomic E-state index is 0.168. The number of nitrogens with two attached hydrogens (primary N) is 2. The van der Waals surface area contributed by atoms with Crippen molar-refractivity contribution in [3.8, 4) is 11.1 Å². The lowest BCUT2D eigenvalue weighted by Crippen LogP contribution is -1.90. The number of aromatic nitrogens is 1. The monoisotopic (exact) mass is 225 g/mol. The van der Waals surface area contributed by atoms with Crippen molar-refractivity contribution in [2.75, 3.05) is 11.5 Å². The average molecular weight is 225 g/mol. The predicted octanol–water partition coefficient (Wildman–Crippen LogP) is 2.66. The number of hydrogen-bond donors (Lipinski definition) is 2. The number of anilines is 2. The lowest BCUT2D eigenvalue weighted by Gasteiger charge is -2.05. The summed E-state index contributed by atoms with van der Waals surface area (Å²) in [5, 5.41) is 0. The summed E-state index contributed by atoms with van der Waals surface area (Å²) in [6.07, 6.45) is 0. The Kier molecular flexibility index (Phi) is 2.01. The first-order valence-electron chi connectivity index (χ1n) is 5.25. The van der Waals surface area contributed by atoms with Gasteiger partial charge in [-0.15, -0.1) is 0 Å². The Balaban J connectivity index is 2.34. The van der Waals surface area contributed by atoms with Crippen LogP contribution in [0, 0.1) is 0 Å². The summed E-state index contributed by atoms with van der Waals surface area (Å²) in [5.74, 6) is 0. The van der Waals surface area contributed by atoms with E-state index < -0.39 is 0 Å². The zero-order valence-electron chi connectivity index (χ0n) is 9.05. The maximum Gasteiger partial charge on any atom is 0.293 e. The zero-order chi connectivity index (χ0) is 11.8. The number of nitrogen functional groups attached to an aromatic ring is 2. The molecule has 4 N–H and O–H groups in total. The highest BCUT2D eigenvalue weighted by atomic mass is 16.4. The fourth-order valence-electron chi connectivity index (χ4n) is 1.93. The van der Waals surface area contributed by atoms with E-state index in [2.05, 4.69) is 4.98 Å². The first kappa shape index (κ1) is 9.72. The molecule has 1 aromatic heterocycles. The van der Waals surface area contributed by atoms with Crippen LogP contribution >= 0.6 is 0 Å². The van der Waals surface area contributed by atoms with Gasteiger partial charge in [0.25, 0.3) is 6.01 Å². The summed E-state index contributed by atoms with van der Waals surface area (Å²) >= 11 is 0. The molecule has 0 unspecified atom stereocenters. The number of hydrogen-bond acceptors (Lipinski definition) is 4. The summed E-state index contributed by atoms with van der Waals surface area (Å²) in [7, 11) is 0. The second-order valence-corrected chi connectivity index (χ2v) is 3.79. The lowest BCUT2D eigenvalue weighted by atomic mass is 10.0. The predicted molar refractivity (Wildman–Crippen MR) is 68.3 cm³/mol. The highest BCUT2D eigenvalue weighted by Crippen LogP contribution is 2.32. The molecule has 4 heteroatoms. The van der Waals surface area contributed by atoms with E-state index in [0.29, 0.717) is 11.3 Å². The van der Waals surface area contributed by atoms with Crippen LogP contribution in [0.15, 0.2) is 46.9 Å². The average Bonchev–Trinajstić information content (AvgIpc) is 2.70. The molecule has 0 aliphatic heterocycles. The maximum atomic E-state index is 5.96. The fourth-order valence-corrected chi connectivity index (χ4v) is 1.93. The molecule has 0 saturated carbocycles. The first-order chi connectivity index (χ1) is 8.25. The molecule has 0 saturated heterocycles. The van der Waals surface area contributed by atoms with E-state index in [-0.39, 0.29) is 6.01 Å². The van der Waals surface area contributed by atoms with Crippen molar-refractivity contribution in [2.45, 2.75) is 0 Å². The third-order valence-electron chi connectivity index (χ3n) is 2.69. The number of fused-ring (bicyclic) bond motifs is 1. The van der Waals surface area contributed by atoms with E-state index >= 15 is 0 Å². The van der Waals surface area contributed by atoms with Gasteiger partial charge in [-0.05, 0) is 12.1 Å². The standard InChI is InChI=1S/C13H11N3O/c14-10-6-2-1-4-8(10)9-5-3-7-11-12(9)16-13(15)17-11/h1-7H,14H2,(H2,15,16). The van der Waals surface area contributed by atoms with Crippen LogP contribution in [0.4, 0.5) is 11.7 Å². The van der Waals surface area contributed by atoms with Crippen molar-refractivity contribution in [1.29, 1.82) is 0 Å². The maximum absolute atomic E-state index is 5.96. The Morgan fingerprint density at radius 2 is 1.65 bits per heavy atom. The molecule has 0 spiro atoms. The van der Waals surface area contributed by atoms with Crippen molar-refractivity contribution >= 4 is 22.8 Å². The molecular weight excluding hydrogens is 214 g/mol. The molecule has 17 heavy (non-hydrogen) atoms. The number of oxazole rings is 1. The molecule has 4 nitrogen and oxygen atoms in total. The van der Waals surface area contributed by atoms with Crippen molar-refractivity contribution in [1.82, 2.24) is 4.98 Å². The van der Waals surface area contributed by atoms with Crippen LogP contribution in [-0.4, -0.2) is 4.98 Å². The summed E-state index contributed by atoms with van der Waals surface area (Å²) in [5.41, 5.74) is 15.5. The minimum Gasteiger partial charge on any atom is -0.424 e. The molecule has 0 aliphatic carbocycles. The molecular formula is C13H11N3O. The fraction of sp³-hybridized carbons (Fsp3) is 0. The van der Waals surface area contributed by atoms with Crippen LogP contribution in [0.2, 0.25) is 0 Å². The molecule has 84 valence electrons. The van der Waals surface area contributed by atoms with Crippen LogP contribution in [0.3, 0.4) is 0 Å². The van der Waals surface area contributed by atoms with Crippen LogP contribution in [0.5, 0.6) is 0 Å². The quantitative estimate of drug-likeness (QED) is 0.624. The molecule has 0 aliphatic rings. The van der Waals surface area contributed by atoms with Crippen molar-refractivity contribution in [3.05, 3.63) is 42.5 Å². The molecule has 0 radical (unpaired) electrons. The van der Waals surface area contributed by atoms with Gasteiger partial charge in [0.1, 0.15) is 5.52 Å². The Morgan fingerprint density at radius 1 is 0.882 bits per heavy atom. The minimum atomic E-state index is 0.168. The first-order valence-corrected chi connectivity index (χ1v) is 5.25. The highest BCUT2D eigenvalue weighted by Gasteiger charge is 2.10. The van der Waals surface area contributed by atoms with Crippen molar-refractivity contribution < 1.29 is 4.42 Å². The molecule has 2 aromatic carbocycles. The lowest BCUT2D eigenvalue weighted by molar-refractivity contribution is 0.626. The number of benzene rings is 2. The van der Waals surface area contributed by atoms with Crippen LogP contribution in [0.1, 0.15) is 0 Å². The van der Waals surface area contributed by atoms with Crippen LogP contribution in [0.25, 0.3) is 22.2 Å². The number of rotatable bonds is 1. The Hall–Kier alpha value is -2.49. The Bertz CT molecular complexity index is 688. The van der Waals surface area contributed by atoms with E-state index in [1.807, 2.05) is 42.5 Å². The van der Waals surface area contributed by atoms with Crippen LogP contribution < -0.4 is 11.5 Å². The molecule has 0 amide bonds. The SMILES string of the molecule is Nc1nc2c(-c3ccccc3N)cccc2o1. The van der Waals surface area contributed by atoms with Gasteiger partial charge in [0.05, 0.1) is 0 Å². The topological polar surface area (TPSA) is 78.1 Å². The van der Waals surface area contributed by atoms with Gasteiger partial charge in [0, 0.05) is 16.8 Å². The zero-order valence-corrected chi connectivity index (χ0v) is 9.05. The normalized spacial score (nSPS) is 10.8. The smallest absolute Gasteiger partial charge is 0.293 e. The van der Waals surface area contributed by atoms with E-state index in [4.69, 9.17) is 15.9 Å². The molecule has 1 heterocycles. The van der Waals surface area contributed by atoms with Gasteiger partial charge in [-0.2, -0.15) is 4.98 Å². The largest absolute Gasteiger partial charge is 0.424 e. The van der Waals surface area contributed by atoms with Gasteiger partial charge in [-0.25, -0.2) is 0 Å². The Morgan fingerprint density at radius 3 is 2.47 bits per heavy atom. The molecule has 3 aromatic rings. The molecule has 0 bridgehead atoms. The van der Waals surface area contributed by atoms with Crippen molar-refractivity contribution in [2.24, 2.45) is 0 Å². The third kappa shape index (κ3) is 1.50. The summed E-state index contributed by atoms with van der Waals surface area (Å²) in [4.78, 5) is 4.19. The van der Waals surface area contributed by atoms with Gasteiger partial charge in [-0.1, -0.05) is 30.3 Å². The third-order valence-corrected chi connectivity index (χ3v) is 2.69. The Labute approximate surface area is 97.9 Å². The number of nitrogens with zero attached hydrogens (tertiary/aromatic N) is 1. The summed E-state index contributed by atoms with van der Waals surface area (Å²) in [6.45, 7) is 0. The van der Waals surface area contributed by atoms with E-state index in [9.17, 15) is 0 Å². The molecule has 0 fully saturated rings. The number of para-hydroxylation sites is 2. The van der Waals surface area contributed by atoms with Gasteiger partial charge in [0.2, 0.25) is 0 Å². The highest BCUT2D eigenvalue weighted by molar-refractivity contribution is 5.94. The van der Waals surface area contributed by atoms with Gasteiger partial charge in [0.15, 0.2) is 5.58 Å². The van der Waals surface area contributed by atoms with E-state index in [1.54, 1.807) is 0 Å².